The number of aromatic nitrogens is 1. The van der Waals surface area contributed by atoms with Crippen LogP contribution < -0.4 is 10.6 Å². The van der Waals surface area contributed by atoms with E-state index in [1.165, 1.54) is 28.7 Å². The van der Waals surface area contributed by atoms with Crippen molar-refractivity contribution in [1.29, 1.82) is 0 Å². The Morgan fingerprint density at radius 3 is 2.55 bits per heavy atom. The predicted octanol–water partition coefficient (Wildman–Crippen LogP) is 4.08. The standard InChI is InChI=1S/C22H23N3O2S2/c1-16-7-9-18(10-8-16)24-21(27)15-29-22-25-19(14-28-22)13-20(26)23-12-11-17-5-3-2-4-6-17/h2-10,14H,11-13,15H2,1H3,(H,23,26)(H,24,27). The topological polar surface area (TPSA) is 71.1 Å². The minimum absolute atomic E-state index is 0.0418. The second-order valence-corrected chi connectivity index (χ2v) is 8.65. The largest absolute Gasteiger partial charge is 0.355 e. The Morgan fingerprint density at radius 1 is 1.03 bits per heavy atom. The van der Waals surface area contributed by atoms with Gasteiger partial charge in [0.25, 0.3) is 0 Å². The summed E-state index contributed by atoms with van der Waals surface area (Å²) in [5.41, 5.74) is 3.86. The number of carbonyl (C=O) groups excluding carboxylic acids is 2. The molecular weight excluding hydrogens is 402 g/mol. The minimum Gasteiger partial charge on any atom is -0.355 e. The number of nitrogens with zero attached hydrogens (tertiary/aromatic N) is 1. The maximum absolute atomic E-state index is 12.1. The fourth-order valence-electron chi connectivity index (χ4n) is 2.62. The Morgan fingerprint density at radius 2 is 1.79 bits per heavy atom. The Bertz CT molecular complexity index is 940. The molecular formula is C22H23N3O2S2. The van der Waals surface area contributed by atoms with Crippen molar-refractivity contribution in [3.05, 3.63) is 76.8 Å². The van der Waals surface area contributed by atoms with Gasteiger partial charge in [-0.25, -0.2) is 4.98 Å². The van der Waals surface area contributed by atoms with Gasteiger partial charge in [-0.1, -0.05) is 59.8 Å². The lowest BCUT2D eigenvalue weighted by molar-refractivity contribution is -0.120. The molecule has 1 aromatic heterocycles. The first-order valence-corrected chi connectivity index (χ1v) is 11.2. The van der Waals surface area contributed by atoms with Crippen LogP contribution in [0.4, 0.5) is 5.69 Å². The average Bonchev–Trinajstić information content (AvgIpc) is 3.16. The summed E-state index contributed by atoms with van der Waals surface area (Å²) in [6, 6.07) is 17.7. The number of hydrogen-bond donors (Lipinski definition) is 2. The maximum Gasteiger partial charge on any atom is 0.234 e. The summed E-state index contributed by atoms with van der Waals surface area (Å²) in [6.45, 7) is 2.61. The molecule has 0 spiro atoms. The summed E-state index contributed by atoms with van der Waals surface area (Å²) in [5, 5.41) is 7.67. The molecule has 7 heteroatoms. The highest BCUT2D eigenvalue weighted by Crippen LogP contribution is 2.23. The van der Waals surface area contributed by atoms with Crippen LogP contribution in [0.2, 0.25) is 0 Å². The molecule has 5 nitrogen and oxygen atoms in total. The Balaban J connectivity index is 1.37. The highest BCUT2D eigenvalue weighted by atomic mass is 32.2. The highest BCUT2D eigenvalue weighted by molar-refractivity contribution is 8.01. The summed E-state index contributed by atoms with van der Waals surface area (Å²) in [6.07, 6.45) is 1.06. The van der Waals surface area contributed by atoms with E-state index in [9.17, 15) is 9.59 Å². The summed E-state index contributed by atoms with van der Waals surface area (Å²) < 4.78 is 0.788. The first-order valence-electron chi connectivity index (χ1n) is 9.33. The SMILES string of the molecule is Cc1ccc(NC(=O)CSc2nc(CC(=O)NCCc3ccccc3)cs2)cc1. The molecule has 2 N–H and O–H groups in total. The number of thiazole rings is 1. The van der Waals surface area contributed by atoms with Crippen molar-refractivity contribution in [2.45, 2.75) is 24.1 Å². The number of hydrogen-bond acceptors (Lipinski definition) is 5. The smallest absolute Gasteiger partial charge is 0.234 e. The number of benzene rings is 2. The van der Waals surface area contributed by atoms with Crippen LogP contribution in [0.3, 0.4) is 0 Å². The molecule has 1 heterocycles. The Kier molecular flexibility index (Phi) is 7.84. The molecule has 150 valence electrons. The molecule has 0 fully saturated rings. The van der Waals surface area contributed by atoms with E-state index in [1.54, 1.807) is 0 Å². The van der Waals surface area contributed by atoms with Gasteiger partial charge in [0.05, 0.1) is 17.9 Å². The molecule has 2 aromatic carbocycles. The lowest BCUT2D eigenvalue weighted by Crippen LogP contribution is -2.27. The zero-order valence-corrected chi connectivity index (χ0v) is 17.8. The van der Waals surface area contributed by atoms with E-state index < -0.39 is 0 Å². The number of aryl methyl sites for hydroxylation is 1. The van der Waals surface area contributed by atoms with E-state index in [2.05, 4.69) is 15.6 Å². The van der Waals surface area contributed by atoms with Gasteiger partial charge in [0.1, 0.15) is 0 Å². The molecule has 0 aliphatic rings. The van der Waals surface area contributed by atoms with Crippen molar-refractivity contribution in [2.24, 2.45) is 0 Å². The zero-order valence-electron chi connectivity index (χ0n) is 16.2. The minimum atomic E-state index is -0.0748. The van der Waals surface area contributed by atoms with Crippen LogP contribution in [-0.2, 0) is 22.4 Å². The highest BCUT2D eigenvalue weighted by Gasteiger charge is 2.10. The molecule has 29 heavy (non-hydrogen) atoms. The maximum atomic E-state index is 12.1. The van der Waals surface area contributed by atoms with E-state index in [-0.39, 0.29) is 24.0 Å². The number of amides is 2. The fraction of sp³-hybridized carbons (Fsp3) is 0.227. The molecule has 0 radical (unpaired) electrons. The fourth-order valence-corrected chi connectivity index (χ4v) is 4.26. The van der Waals surface area contributed by atoms with Crippen LogP contribution in [0.15, 0.2) is 64.3 Å². The molecule has 0 atom stereocenters. The van der Waals surface area contributed by atoms with Crippen molar-refractivity contribution in [2.75, 3.05) is 17.6 Å². The van der Waals surface area contributed by atoms with Crippen molar-refractivity contribution >= 4 is 40.6 Å². The monoisotopic (exact) mass is 425 g/mol. The summed E-state index contributed by atoms with van der Waals surface area (Å²) in [5.74, 6) is 0.165. The number of carbonyl (C=O) groups is 2. The lowest BCUT2D eigenvalue weighted by atomic mass is 10.1. The molecule has 0 aliphatic carbocycles. The molecule has 0 bridgehead atoms. The van der Waals surface area contributed by atoms with E-state index in [4.69, 9.17) is 0 Å². The van der Waals surface area contributed by atoms with Crippen molar-refractivity contribution in [3.8, 4) is 0 Å². The summed E-state index contributed by atoms with van der Waals surface area (Å²) in [7, 11) is 0. The molecule has 0 saturated heterocycles. The third-order valence-electron chi connectivity index (χ3n) is 4.11. The first-order chi connectivity index (χ1) is 14.1. The molecule has 0 unspecified atom stereocenters. The van der Waals surface area contributed by atoms with E-state index in [1.807, 2.05) is 66.9 Å². The quantitative estimate of drug-likeness (QED) is 0.507. The second kappa shape index (κ2) is 10.8. The van der Waals surface area contributed by atoms with Crippen LogP contribution in [-0.4, -0.2) is 29.1 Å². The van der Waals surface area contributed by atoms with Crippen LogP contribution in [0, 0.1) is 6.92 Å². The van der Waals surface area contributed by atoms with Crippen molar-refractivity contribution < 1.29 is 9.59 Å². The second-order valence-electron chi connectivity index (χ2n) is 6.57. The van der Waals surface area contributed by atoms with Crippen LogP contribution in [0.5, 0.6) is 0 Å². The van der Waals surface area contributed by atoms with Gasteiger partial charge in [0, 0.05) is 17.6 Å². The Labute approximate surface area is 179 Å². The van der Waals surface area contributed by atoms with Gasteiger partial charge in [-0.3, -0.25) is 9.59 Å². The van der Waals surface area contributed by atoms with E-state index in [0.717, 1.165) is 27.7 Å². The van der Waals surface area contributed by atoms with Crippen molar-refractivity contribution in [3.63, 3.8) is 0 Å². The lowest BCUT2D eigenvalue weighted by Gasteiger charge is -2.04. The molecule has 0 saturated carbocycles. The van der Waals surface area contributed by atoms with Gasteiger partial charge in [0.2, 0.25) is 11.8 Å². The van der Waals surface area contributed by atoms with Crippen LogP contribution in [0.25, 0.3) is 0 Å². The first kappa shape index (κ1) is 21.1. The zero-order chi connectivity index (χ0) is 20.5. The van der Waals surface area contributed by atoms with Gasteiger partial charge in [-0.05, 0) is 31.0 Å². The normalized spacial score (nSPS) is 10.5. The average molecular weight is 426 g/mol. The van der Waals surface area contributed by atoms with Gasteiger partial charge in [0.15, 0.2) is 4.34 Å². The van der Waals surface area contributed by atoms with E-state index >= 15 is 0 Å². The summed E-state index contributed by atoms with van der Waals surface area (Å²) >= 11 is 2.83. The molecule has 2 amide bonds. The third-order valence-corrected chi connectivity index (χ3v) is 6.18. The van der Waals surface area contributed by atoms with Gasteiger partial charge in [-0.2, -0.15) is 0 Å². The number of anilines is 1. The number of rotatable bonds is 9. The van der Waals surface area contributed by atoms with Crippen LogP contribution >= 0.6 is 23.1 Å². The summed E-state index contributed by atoms with van der Waals surface area (Å²) in [4.78, 5) is 28.6. The van der Waals surface area contributed by atoms with Crippen LogP contribution in [0.1, 0.15) is 16.8 Å². The molecule has 3 rings (SSSR count). The molecule has 0 aliphatic heterocycles. The number of nitrogens with one attached hydrogen (secondary N) is 2. The van der Waals surface area contributed by atoms with Gasteiger partial charge in [-0.15, -0.1) is 11.3 Å². The third kappa shape index (κ3) is 7.36. The van der Waals surface area contributed by atoms with Crippen molar-refractivity contribution in [1.82, 2.24) is 10.3 Å². The predicted molar refractivity (Wildman–Crippen MR) is 120 cm³/mol. The van der Waals surface area contributed by atoms with Gasteiger partial charge >= 0.3 is 0 Å². The Hall–Kier alpha value is -2.64. The number of thioether (sulfide) groups is 1. The van der Waals surface area contributed by atoms with Gasteiger partial charge < -0.3 is 10.6 Å². The van der Waals surface area contributed by atoms with E-state index in [0.29, 0.717) is 6.54 Å². The molecule has 3 aromatic rings.